The molecule has 152 valence electrons. The van der Waals surface area contributed by atoms with Crippen molar-refractivity contribution in [3.05, 3.63) is 82.9 Å². The Kier molecular flexibility index (Phi) is 5.59. The number of H-pyrrole nitrogens is 1. The van der Waals surface area contributed by atoms with Gasteiger partial charge in [-0.3, -0.25) is 14.5 Å². The van der Waals surface area contributed by atoms with Crippen molar-refractivity contribution in [2.45, 2.75) is 26.4 Å². The van der Waals surface area contributed by atoms with Crippen LogP contribution in [0.2, 0.25) is 0 Å². The molecule has 3 aromatic carbocycles. The third-order valence-corrected chi connectivity index (χ3v) is 5.40. The van der Waals surface area contributed by atoms with E-state index in [1.54, 1.807) is 6.07 Å². The van der Waals surface area contributed by atoms with Gasteiger partial charge in [-0.05, 0) is 37.1 Å². The third-order valence-electron chi connectivity index (χ3n) is 5.40. The Morgan fingerprint density at radius 2 is 1.73 bits per heavy atom. The second-order valence-corrected chi connectivity index (χ2v) is 7.28. The van der Waals surface area contributed by atoms with Crippen LogP contribution in [0.25, 0.3) is 21.7 Å². The standard InChI is InChI=1S/C24H24N4O2/c1-3-28(15-22-25-21-13-7-6-12-19(21)24(30)27-22)16(2)23(29)26-20-14-8-10-17-9-4-5-11-18(17)20/h4-14,16H,3,15H2,1-2H3,(H,26,29)(H,25,27,30). The summed E-state index contributed by atoms with van der Waals surface area (Å²) in [7, 11) is 0. The molecule has 0 bridgehead atoms. The molecule has 6 nitrogen and oxygen atoms in total. The van der Waals surface area contributed by atoms with Gasteiger partial charge in [-0.1, -0.05) is 55.5 Å². The van der Waals surface area contributed by atoms with Crippen molar-refractivity contribution in [3.8, 4) is 0 Å². The first-order valence-electron chi connectivity index (χ1n) is 10.1. The number of rotatable bonds is 6. The number of anilines is 1. The van der Waals surface area contributed by atoms with Gasteiger partial charge >= 0.3 is 0 Å². The van der Waals surface area contributed by atoms with E-state index < -0.39 is 6.04 Å². The zero-order chi connectivity index (χ0) is 21.1. The van der Waals surface area contributed by atoms with Gasteiger partial charge in [-0.25, -0.2) is 4.98 Å². The van der Waals surface area contributed by atoms with Crippen molar-refractivity contribution in [1.29, 1.82) is 0 Å². The Balaban J connectivity index is 1.54. The maximum absolute atomic E-state index is 13.0. The Hall–Kier alpha value is -3.51. The minimum Gasteiger partial charge on any atom is -0.324 e. The number of aromatic nitrogens is 2. The van der Waals surface area contributed by atoms with Crippen molar-refractivity contribution in [1.82, 2.24) is 14.9 Å². The summed E-state index contributed by atoms with van der Waals surface area (Å²) in [6.07, 6.45) is 0. The van der Waals surface area contributed by atoms with Gasteiger partial charge in [0.05, 0.1) is 23.5 Å². The number of nitrogens with zero attached hydrogens (tertiary/aromatic N) is 2. The summed E-state index contributed by atoms with van der Waals surface area (Å²) in [6, 6.07) is 20.7. The van der Waals surface area contributed by atoms with Crippen molar-refractivity contribution in [3.63, 3.8) is 0 Å². The lowest BCUT2D eigenvalue weighted by Crippen LogP contribution is -2.42. The number of amides is 1. The molecule has 0 radical (unpaired) electrons. The first-order valence-corrected chi connectivity index (χ1v) is 10.1. The number of carbonyl (C=O) groups excluding carboxylic acids is 1. The maximum Gasteiger partial charge on any atom is 0.258 e. The van der Waals surface area contributed by atoms with Gasteiger partial charge in [0.1, 0.15) is 5.82 Å². The van der Waals surface area contributed by atoms with Gasteiger partial charge in [0.15, 0.2) is 0 Å². The van der Waals surface area contributed by atoms with Crippen molar-refractivity contribution in [2.75, 3.05) is 11.9 Å². The second-order valence-electron chi connectivity index (χ2n) is 7.28. The summed E-state index contributed by atoms with van der Waals surface area (Å²) < 4.78 is 0. The predicted octanol–water partition coefficient (Wildman–Crippen LogP) is 3.93. The number of carbonyl (C=O) groups is 1. The van der Waals surface area contributed by atoms with Crippen LogP contribution in [0.1, 0.15) is 19.7 Å². The van der Waals surface area contributed by atoms with Crippen LogP contribution >= 0.6 is 0 Å². The van der Waals surface area contributed by atoms with Crippen LogP contribution < -0.4 is 10.9 Å². The second kappa shape index (κ2) is 8.47. The zero-order valence-corrected chi connectivity index (χ0v) is 17.1. The number of aromatic amines is 1. The molecule has 4 aromatic rings. The summed E-state index contributed by atoms with van der Waals surface area (Å²) in [5.41, 5.74) is 1.28. The van der Waals surface area contributed by atoms with E-state index in [9.17, 15) is 9.59 Å². The molecule has 0 saturated heterocycles. The molecule has 0 saturated carbocycles. The summed E-state index contributed by atoms with van der Waals surface area (Å²) in [5.74, 6) is 0.446. The minimum atomic E-state index is -0.397. The summed E-state index contributed by atoms with van der Waals surface area (Å²) in [4.78, 5) is 34.7. The van der Waals surface area contributed by atoms with Crippen LogP contribution in [-0.2, 0) is 11.3 Å². The van der Waals surface area contributed by atoms with Gasteiger partial charge in [0, 0.05) is 11.1 Å². The van der Waals surface area contributed by atoms with E-state index in [4.69, 9.17) is 0 Å². The lowest BCUT2D eigenvalue weighted by Gasteiger charge is -2.26. The molecule has 6 heteroatoms. The highest BCUT2D eigenvalue weighted by Gasteiger charge is 2.22. The fraction of sp³-hybridized carbons (Fsp3) is 0.208. The average molecular weight is 400 g/mol. The van der Waals surface area contributed by atoms with Crippen LogP contribution in [0.4, 0.5) is 5.69 Å². The number of hydrogen-bond donors (Lipinski definition) is 2. The van der Waals surface area contributed by atoms with Gasteiger partial charge in [0.25, 0.3) is 5.56 Å². The molecule has 0 aliphatic heterocycles. The Morgan fingerprint density at radius 1 is 1.03 bits per heavy atom. The number of para-hydroxylation sites is 1. The highest BCUT2D eigenvalue weighted by molar-refractivity contribution is 6.03. The van der Waals surface area contributed by atoms with Gasteiger partial charge < -0.3 is 10.3 Å². The van der Waals surface area contributed by atoms with Crippen LogP contribution in [0.15, 0.2) is 71.5 Å². The highest BCUT2D eigenvalue weighted by atomic mass is 16.2. The smallest absolute Gasteiger partial charge is 0.258 e. The normalized spacial score (nSPS) is 12.4. The van der Waals surface area contributed by atoms with Gasteiger partial charge in [0.2, 0.25) is 5.91 Å². The van der Waals surface area contributed by atoms with Crippen LogP contribution in [-0.4, -0.2) is 33.4 Å². The minimum absolute atomic E-state index is 0.101. The maximum atomic E-state index is 13.0. The monoisotopic (exact) mass is 400 g/mol. The molecule has 1 heterocycles. The lowest BCUT2D eigenvalue weighted by molar-refractivity contribution is -0.120. The summed E-state index contributed by atoms with van der Waals surface area (Å²) in [6.45, 7) is 4.87. The van der Waals surface area contributed by atoms with E-state index in [1.807, 2.05) is 79.4 Å². The topological polar surface area (TPSA) is 78.1 Å². The first kappa shape index (κ1) is 19.8. The van der Waals surface area contributed by atoms with Gasteiger partial charge in [-0.2, -0.15) is 0 Å². The fourth-order valence-electron chi connectivity index (χ4n) is 3.66. The zero-order valence-electron chi connectivity index (χ0n) is 17.1. The molecule has 2 N–H and O–H groups in total. The van der Waals surface area contributed by atoms with Crippen molar-refractivity contribution >= 4 is 33.3 Å². The Labute approximate surface area is 174 Å². The quantitative estimate of drug-likeness (QED) is 0.514. The highest BCUT2D eigenvalue weighted by Crippen LogP contribution is 2.23. The molecule has 0 aliphatic rings. The summed E-state index contributed by atoms with van der Waals surface area (Å²) in [5, 5.41) is 5.70. The van der Waals surface area contributed by atoms with E-state index in [0.717, 1.165) is 16.5 Å². The molecule has 0 spiro atoms. The number of likely N-dealkylation sites (N-methyl/N-ethyl adjacent to an activating group) is 1. The molecule has 4 rings (SSSR count). The SMILES string of the molecule is CCN(Cc1nc2ccccc2c(=O)[nH]1)C(C)C(=O)Nc1cccc2ccccc12. The number of fused-ring (bicyclic) bond motifs is 2. The fourth-order valence-corrected chi connectivity index (χ4v) is 3.66. The molecule has 1 amide bonds. The van der Waals surface area contributed by atoms with E-state index in [1.165, 1.54) is 0 Å². The van der Waals surface area contributed by atoms with E-state index >= 15 is 0 Å². The average Bonchev–Trinajstić information content (AvgIpc) is 2.77. The van der Waals surface area contributed by atoms with E-state index in [2.05, 4.69) is 15.3 Å². The number of hydrogen-bond acceptors (Lipinski definition) is 4. The number of nitrogens with one attached hydrogen (secondary N) is 2. The van der Waals surface area contributed by atoms with E-state index in [0.29, 0.717) is 29.8 Å². The lowest BCUT2D eigenvalue weighted by atomic mass is 10.1. The molecule has 0 aliphatic carbocycles. The molecule has 30 heavy (non-hydrogen) atoms. The third kappa shape index (κ3) is 3.95. The van der Waals surface area contributed by atoms with E-state index in [-0.39, 0.29) is 11.5 Å². The van der Waals surface area contributed by atoms with Crippen molar-refractivity contribution < 1.29 is 4.79 Å². The molecular formula is C24H24N4O2. The predicted molar refractivity (Wildman–Crippen MR) is 120 cm³/mol. The van der Waals surface area contributed by atoms with Crippen molar-refractivity contribution in [2.24, 2.45) is 0 Å². The number of benzene rings is 3. The largest absolute Gasteiger partial charge is 0.324 e. The van der Waals surface area contributed by atoms with Crippen LogP contribution in [0, 0.1) is 0 Å². The Morgan fingerprint density at radius 3 is 2.53 bits per heavy atom. The van der Waals surface area contributed by atoms with Gasteiger partial charge in [-0.15, -0.1) is 0 Å². The summed E-state index contributed by atoms with van der Waals surface area (Å²) >= 11 is 0. The molecule has 0 fully saturated rings. The molecular weight excluding hydrogens is 376 g/mol. The molecule has 1 atom stereocenters. The van der Waals surface area contributed by atoms with Crippen LogP contribution in [0.5, 0.6) is 0 Å². The Bertz CT molecular complexity index is 1260. The first-order chi connectivity index (χ1) is 14.6. The molecule has 1 aromatic heterocycles. The molecule has 1 unspecified atom stereocenters. The van der Waals surface area contributed by atoms with Crippen LogP contribution in [0.3, 0.4) is 0 Å².